The number of carbonyl (C=O) groups is 1. The van der Waals surface area contributed by atoms with Gasteiger partial charge in [0.2, 0.25) is 0 Å². The van der Waals surface area contributed by atoms with Crippen LogP contribution in [0.2, 0.25) is 0 Å². The van der Waals surface area contributed by atoms with Crippen molar-refractivity contribution in [3.8, 4) is 0 Å². The maximum absolute atomic E-state index is 14.1. The Morgan fingerprint density at radius 2 is 1.70 bits per heavy atom. The first kappa shape index (κ1) is 19.3. The van der Waals surface area contributed by atoms with E-state index in [9.17, 15) is 9.18 Å². The summed E-state index contributed by atoms with van der Waals surface area (Å²) in [6.45, 7) is 14.8. The Morgan fingerprint density at radius 3 is 2.22 bits per heavy atom. The molecule has 0 radical (unpaired) electrons. The number of aryl methyl sites for hydroxylation is 1. The molecule has 3 N–H and O–H groups in total. The summed E-state index contributed by atoms with van der Waals surface area (Å²) < 4.78 is 14.1. The molecule has 5 heteroatoms. The number of halogens is 1. The predicted octanol–water partition coefficient (Wildman–Crippen LogP) is 4.90. The van der Waals surface area contributed by atoms with Crippen LogP contribution in [0, 0.1) is 18.2 Å². The van der Waals surface area contributed by atoms with E-state index < -0.39 is 11.8 Å². The summed E-state index contributed by atoms with van der Waals surface area (Å²) in [5.41, 5.74) is 1.79. The van der Waals surface area contributed by atoms with E-state index in [0.29, 0.717) is 6.54 Å². The van der Waals surface area contributed by atoms with Gasteiger partial charge in [0.15, 0.2) is 0 Å². The quantitative estimate of drug-likeness (QED) is 0.738. The minimum Gasteiger partial charge on any atom is -0.380 e. The fourth-order valence-electron chi connectivity index (χ4n) is 2.02. The number of urea groups is 1. The maximum Gasteiger partial charge on any atom is 0.319 e. The van der Waals surface area contributed by atoms with Crippen molar-refractivity contribution in [1.82, 2.24) is 5.32 Å². The van der Waals surface area contributed by atoms with E-state index in [1.54, 1.807) is 6.07 Å². The summed E-state index contributed by atoms with van der Waals surface area (Å²) >= 11 is 0. The average molecular weight is 323 g/mol. The number of anilines is 2. The molecule has 0 saturated carbocycles. The lowest BCUT2D eigenvalue weighted by Gasteiger charge is -2.24. The molecule has 0 heterocycles. The number of amides is 2. The van der Waals surface area contributed by atoms with Gasteiger partial charge < -0.3 is 16.0 Å². The molecule has 23 heavy (non-hydrogen) atoms. The number of rotatable bonds is 4. The molecule has 1 aromatic rings. The van der Waals surface area contributed by atoms with Crippen LogP contribution >= 0.6 is 0 Å². The van der Waals surface area contributed by atoms with E-state index in [4.69, 9.17) is 0 Å². The molecule has 0 bridgehead atoms. The summed E-state index contributed by atoms with van der Waals surface area (Å²) in [5, 5.41) is 8.66. The summed E-state index contributed by atoms with van der Waals surface area (Å²) in [6.07, 6.45) is 0.855. The Labute approximate surface area is 139 Å². The van der Waals surface area contributed by atoms with Gasteiger partial charge in [0.05, 0.1) is 5.69 Å². The molecule has 0 saturated heterocycles. The van der Waals surface area contributed by atoms with Crippen molar-refractivity contribution in [3.05, 3.63) is 23.5 Å². The van der Waals surface area contributed by atoms with Gasteiger partial charge in [-0.1, -0.05) is 20.8 Å². The van der Waals surface area contributed by atoms with E-state index in [-0.39, 0.29) is 16.6 Å². The minimum atomic E-state index is -0.437. The van der Waals surface area contributed by atoms with Crippen LogP contribution in [0.1, 0.15) is 53.5 Å². The van der Waals surface area contributed by atoms with Crippen LogP contribution in [0.4, 0.5) is 20.6 Å². The lowest BCUT2D eigenvalue weighted by atomic mass is 9.92. The smallest absolute Gasteiger partial charge is 0.319 e. The van der Waals surface area contributed by atoms with Crippen molar-refractivity contribution < 1.29 is 9.18 Å². The normalized spacial score (nSPS) is 12.0. The lowest BCUT2D eigenvalue weighted by molar-refractivity contribution is 0.250. The number of hydrogen-bond donors (Lipinski definition) is 3. The van der Waals surface area contributed by atoms with Crippen LogP contribution in [0.5, 0.6) is 0 Å². The maximum atomic E-state index is 14.1. The van der Waals surface area contributed by atoms with Gasteiger partial charge >= 0.3 is 6.03 Å². The standard InChI is InChI=1S/C18H30FN3O/c1-12-10-13(19)15(11-14(12)22-18(5,6)7)21-16(23)20-9-8-17(2,3)4/h10-11,22H,8-9H2,1-7H3,(H2,20,21,23). The zero-order valence-corrected chi connectivity index (χ0v) is 15.4. The Balaban J connectivity index is 2.76. The first-order chi connectivity index (χ1) is 10.4. The molecule has 0 aliphatic rings. The van der Waals surface area contributed by atoms with Crippen LogP contribution in [-0.4, -0.2) is 18.1 Å². The predicted molar refractivity (Wildman–Crippen MR) is 95.6 cm³/mol. The van der Waals surface area contributed by atoms with Crippen LogP contribution < -0.4 is 16.0 Å². The van der Waals surface area contributed by atoms with E-state index in [1.165, 1.54) is 6.07 Å². The van der Waals surface area contributed by atoms with Crippen molar-refractivity contribution in [2.24, 2.45) is 5.41 Å². The summed E-state index contributed by atoms with van der Waals surface area (Å²) in [5.74, 6) is -0.437. The number of hydrogen-bond acceptors (Lipinski definition) is 2. The second kappa shape index (κ2) is 7.20. The van der Waals surface area contributed by atoms with Crippen molar-refractivity contribution in [1.29, 1.82) is 0 Å². The minimum absolute atomic E-state index is 0.144. The van der Waals surface area contributed by atoms with Gasteiger partial charge in [0.25, 0.3) is 0 Å². The Hall–Kier alpha value is -1.78. The number of nitrogens with one attached hydrogen (secondary N) is 3. The fourth-order valence-corrected chi connectivity index (χ4v) is 2.02. The first-order valence-electron chi connectivity index (χ1n) is 8.00. The molecule has 1 rings (SSSR count). The summed E-state index contributed by atoms with van der Waals surface area (Å²) in [6, 6.07) is 2.68. The van der Waals surface area contributed by atoms with E-state index >= 15 is 0 Å². The molecule has 0 fully saturated rings. The highest BCUT2D eigenvalue weighted by Gasteiger charge is 2.15. The number of benzene rings is 1. The van der Waals surface area contributed by atoms with Gasteiger partial charge in [0, 0.05) is 17.8 Å². The van der Waals surface area contributed by atoms with Crippen molar-refractivity contribution >= 4 is 17.4 Å². The zero-order valence-electron chi connectivity index (χ0n) is 15.4. The molecule has 4 nitrogen and oxygen atoms in total. The second-order valence-corrected chi connectivity index (χ2v) is 8.21. The van der Waals surface area contributed by atoms with E-state index in [0.717, 1.165) is 17.7 Å². The van der Waals surface area contributed by atoms with Gasteiger partial charge in [-0.15, -0.1) is 0 Å². The molecule has 0 aromatic heterocycles. The third kappa shape index (κ3) is 7.35. The highest BCUT2D eigenvalue weighted by atomic mass is 19.1. The largest absolute Gasteiger partial charge is 0.380 e. The topological polar surface area (TPSA) is 53.2 Å². The monoisotopic (exact) mass is 323 g/mol. The van der Waals surface area contributed by atoms with Crippen LogP contribution in [0.3, 0.4) is 0 Å². The molecule has 0 aliphatic carbocycles. The summed E-state index contributed by atoms with van der Waals surface area (Å²) in [4.78, 5) is 11.9. The highest BCUT2D eigenvalue weighted by Crippen LogP contribution is 2.26. The molecule has 0 spiro atoms. The molecule has 0 aliphatic heterocycles. The molecule has 130 valence electrons. The Kier molecular flexibility index (Phi) is 6.03. The van der Waals surface area contributed by atoms with Gasteiger partial charge in [-0.3, -0.25) is 0 Å². The zero-order chi connectivity index (χ0) is 17.8. The molecular weight excluding hydrogens is 293 g/mol. The third-order valence-electron chi connectivity index (χ3n) is 3.23. The molecule has 0 unspecified atom stereocenters. The van der Waals surface area contributed by atoms with Crippen LogP contribution in [0.15, 0.2) is 12.1 Å². The van der Waals surface area contributed by atoms with Gasteiger partial charge in [-0.2, -0.15) is 0 Å². The average Bonchev–Trinajstić information content (AvgIpc) is 2.31. The van der Waals surface area contributed by atoms with E-state index in [1.807, 2.05) is 27.7 Å². The Bertz CT molecular complexity index is 557. The van der Waals surface area contributed by atoms with Gasteiger partial charge in [-0.25, -0.2) is 9.18 Å². The van der Waals surface area contributed by atoms with Crippen molar-refractivity contribution in [3.63, 3.8) is 0 Å². The molecule has 0 atom stereocenters. The van der Waals surface area contributed by atoms with Gasteiger partial charge in [-0.05, 0) is 57.2 Å². The van der Waals surface area contributed by atoms with Crippen LogP contribution in [-0.2, 0) is 0 Å². The lowest BCUT2D eigenvalue weighted by Crippen LogP contribution is -2.32. The molecule has 2 amide bonds. The fraction of sp³-hybridized carbons (Fsp3) is 0.611. The first-order valence-corrected chi connectivity index (χ1v) is 8.00. The van der Waals surface area contributed by atoms with Gasteiger partial charge in [0.1, 0.15) is 5.82 Å². The SMILES string of the molecule is Cc1cc(F)c(NC(=O)NCCC(C)(C)C)cc1NC(C)(C)C. The summed E-state index contributed by atoms with van der Waals surface area (Å²) in [7, 11) is 0. The molecule has 1 aromatic carbocycles. The van der Waals surface area contributed by atoms with E-state index in [2.05, 4.69) is 36.7 Å². The second-order valence-electron chi connectivity index (χ2n) is 8.21. The van der Waals surface area contributed by atoms with Crippen molar-refractivity contribution in [2.45, 2.75) is 60.4 Å². The molecular formula is C18H30FN3O. The van der Waals surface area contributed by atoms with Crippen molar-refractivity contribution in [2.75, 3.05) is 17.2 Å². The third-order valence-corrected chi connectivity index (χ3v) is 3.23. The Morgan fingerprint density at radius 1 is 1.09 bits per heavy atom. The highest BCUT2D eigenvalue weighted by molar-refractivity contribution is 5.90. The van der Waals surface area contributed by atoms with Crippen LogP contribution in [0.25, 0.3) is 0 Å². The number of carbonyl (C=O) groups excluding carboxylic acids is 1.